The van der Waals surface area contributed by atoms with Crippen LogP contribution in [0.4, 0.5) is 25.4 Å². The molecule has 1 aromatic heterocycles. The summed E-state index contributed by atoms with van der Waals surface area (Å²) in [7, 11) is 2.99. The number of benzene rings is 3. The predicted molar refractivity (Wildman–Crippen MR) is 172 cm³/mol. The number of aliphatic hydroxyl groups excluding tert-OH is 1. The molecule has 0 aliphatic carbocycles. The molecule has 1 fully saturated rings. The van der Waals surface area contributed by atoms with Crippen LogP contribution in [0.25, 0.3) is 10.9 Å². The Hall–Kier alpha value is -5.37. The predicted octanol–water partition coefficient (Wildman–Crippen LogP) is 3.31. The summed E-state index contributed by atoms with van der Waals surface area (Å²) in [5.41, 5.74) is 0.852. The number of hydrogen-bond acceptors (Lipinski definition) is 8. The Morgan fingerprint density at radius 2 is 1.74 bits per heavy atom. The summed E-state index contributed by atoms with van der Waals surface area (Å²) < 4.78 is 26.2. The minimum absolute atomic E-state index is 0.138. The summed E-state index contributed by atoms with van der Waals surface area (Å²) in [5.74, 6) is 0.663. The Morgan fingerprint density at radius 3 is 2.41 bits per heavy atom. The van der Waals surface area contributed by atoms with Gasteiger partial charge in [-0.05, 0) is 55.5 Å². The monoisotopic (exact) mass is 633 g/mol. The number of nitrogens with one attached hydrogen (secondary N) is 2. The highest BCUT2D eigenvalue weighted by Crippen LogP contribution is 2.37. The number of nitrogens with zero attached hydrogens (tertiary/aromatic N) is 5. The number of ether oxygens (including phenoxy) is 2. The molecule has 0 radical (unpaired) electrons. The lowest BCUT2D eigenvalue weighted by atomic mass is 10.1. The maximum atomic E-state index is 14.1. The van der Waals surface area contributed by atoms with Crippen molar-refractivity contribution in [3.8, 4) is 11.5 Å². The van der Waals surface area contributed by atoms with Crippen LogP contribution in [-0.2, 0) is 0 Å². The molecular weight excluding hydrogens is 597 g/mol. The van der Waals surface area contributed by atoms with Crippen molar-refractivity contribution in [1.29, 1.82) is 0 Å². The molecule has 4 aromatic rings. The number of hydrogen-bond donors (Lipinski definition) is 3. The van der Waals surface area contributed by atoms with E-state index < -0.39 is 17.9 Å². The van der Waals surface area contributed by atoms with Crippen LogP contribution in [0.15, 0.2) is 71.5 Å². The fourth-order valence-corrected chi connectivity index (χ4v) is 5.37. The number of carbonyl (C=O) groups is 2. The van der Waals surface area contributed by atoms with Gasteiger partial charge in [0.15, 0.2) is 5.82 Å². The van der Waals surface area contributed by atoms with Gasteiger partial charge in [-0.15, -0.1) is 0 Å². The maximum absolute atomic E-state index is 14.1. The van der Waals surface area contributed by atoms with E-state index in [0.29, 0.717) is 60.0 Å². The average molecular weight is 634 g/mol. The largest absolute Gasteiger partial charge is 0.497 e. The number of para-hydroxylation sites is 1. The molecule has 0 spiro atoms. The normalized spacial score (nSPS) is 13.7. The summed E-state index contributed by atoms with van der Waals surface area (Å²) in [5, 5.41) is 16.8. The topological polar surface area (TPSA) is 141 Å². The molecule has 2 heterocycles. The highest BCUT2D eigenvalue weighted by atomic mass is 19.1. The molecule has 1 aliphatic rings. The van der Waals surface area contributed by atoms with Gasteiger partial charge >= 0.3 is 12.1 Å². The minimum Gasteiger partial charge on any atom is -0.497 e. The Balaban J connectivity index is 1.60. The molecule has 1 saturated heterocycles. The van der Waals surface area contributed by atoms with Crippen LogP contribution in [0, 0.1) is 5.82 Å². The molecule has 5 rings (SSSR count). The smallest absolute Gasteiger partial charge is 0.327 e. The molecule has 3 N–H and O–H groups in total. The zero-order valence-corrected chi connectivity index (χ0v) is 25.8. The van der Waals surface area contributed by atoms with Crippen molar-refractivity contribution < 1.29 is 28.6 Å². The Bertz CT molecular complexity index is 1760. The maximum Gasteiger partial charge on any atom is 0.327 e. The summed E-state index contributed by atoms with van der Waals surface area (Å²) in [6.45, 7) is 2.95. The van der Waals surface area contributed by atoms with Gasteiger partial charge in [0.2, 0.25) is 0 Å². The van der Waals surface area contributed by atoms with Crippen molar-refractivity contribution in [2.45, 2.75) is 13.0 Å². The number of piperazine rings is 1. The third-order valence-corrected chi connectivity index (χ3v) is 7.71. The van der Waals surface area contributed by atoms with Crippen LogP contribution in [0.1, 0.15) is 18.8 Å². The standard InChI is InChI=1S/C32H36FN7O6/c1-21(39(27-13-12-24(45-2)20-28(27)46-3)32(44)35-23-10-8-22(33)9-11-23)29-36-26-7-5-4-6-25(26)30(42)40(29)38-17-15-37(16-18-38)31(43)34-14-19-41/h4-13,20-21,41H,14-19H2,1-3H3,(H,34,43)(H,35,44). The van der Waals surface area contributed by atoms with E-state index in [-0.39, 0.29) is 30.6 Å². The van der Waals surface area contributed by atoms with Crippen LogP contribution >= 0.6 is 0 Å². The fraction of sp³-hybridized carbons (Fsp3) is 0.312. The summed E-state index contributed by atoms with van der Waals surface area (Å²) in [6.07, 6.45) is 0. The van der Waals surface area contributed by atoms with E-state index in [2.05, 4.69) is 10.6 Å². The molecule has 14 heteroatoms. The lowest BCUT2D eigenvalue weighted by molar-refractivity contribution is 0.185. The SMILES string of the molecule is COc1ccc(N(C(=O)Nc2ccc(F)cc2)C(C)c2nc3ccccc3c(=O)n2N2CCN(C(=O)NCCO)CC2)c(OC)c1. The number of aromatic nitrogens is 2. The fourth-order valence-electron chi connectivity index (χ4n) is 5.37. The van der Waals surface area contributed by atoms with Gasteiger partial charge in [-0.25, -0.2) is 23.6 Å². The van der Waals surface area contributed by atoms with E-state index in [0.717, 1.165) is 0 Å². The third kappa shape index (κ3) is 6.66. The zero-order chi connectivity index (χ0) is 32.8. The molecule has 13 nitrogen and oxygen atoms in total. The number of anilines is 2. The highest BCUT2D eigenvalue weighted by Gasteiger charge is 2.33. The van der Waals surface area contributed by atoms with E-state index in [1.165, 1.54) is 48.1 Å². The first-order valence-corrected chi connectivity index (χ1v) is 14.7. The van der Waals surface area contributed by atoms with Gasteiger partial charge in [-0.2, -0.15) is 0 Å². The molecule has 0 bridgehead atoms. The van der Waals surface area contributed by atoms with Crippen LogP contribution < -0.4 is 35.6 Å². The van der Waals surface area contributed by atoms with E-state index in [1.54, 1.807) is 54.3 Å². The second-order valence-corrected chi connectivity index (χ2v) is 10.5. The Kier molecular flexibility index (Phi) is 9.86. The summed E-state index contributed by atoms with van der Waals surface area (Å²) in [4.78, 5) is 48.7. The number of aliphatic hydroxyl groups is 1. The van der Waals surface area contributed by atoms with Crippen molar-refractivity contribution in [2.75, 3.05) is 68.8 Å². The molecule has 3 aromatic carbocycles. The van der Waals surface area contributed by atoms with E-state index in [1.807, 2.05) is 5.01 Å². The molecule has 4 amide bonds. The number of fused-ring (bicyclic) bond motifs is 1. The first kappa shape index (κ1) is 32.0. The first-order valence-electron chi connectivity index (χ1n) is 14.7. The van der Waals surface area contributed by atoms with E-state index in [9.17, 15) is 18.8 Å². The third-order valence-electron chi connectivity index (χ3n) is 7.71. The lowest BCUT2D eigenvalue weighted by Gasteiger charge is -2.39. The molecule has 46 heavy (non-hydrogen) atoms. The Labute approximate surface area is 264 Å². The van der Waals surface area contributed by atoms with Gasteiger partial charge in [0.1, 0.15) is 17.3 Å². The van der Waals surface area contributed by atoms with Crippen molar-refractivity contribution >= 4 is 34.3 Å². The van der Waals surface area contributed by atoms with Gasteiger partial charge in [0.05, 0.1) is 56.5 Å². The zero-order valence-electron chi connectivity index (χ0n) is 25.8. The number of methoxy groups -OCH3 is 2. The number of halogens is 1. The minimum atomic E-state index is -0.856. The second-order valence-electron chi connectivity index (χ2n) is 10.5. The Morgan fingerprint density at radius 1 is 1.02 bits per heavy atom. The second kappa shape index (κ2) is 14.2. The van der Waals surface area contributed by atoms with Crippen LogP contribution in [0.5, 0.6) is 11.5 Å². The number of amides is 4. The van der Waals surface area contributed by atoms with Gasteiger partial charge < -0.3 is 35.1 Å². The van der Waals surface area contributed by atoms with Crippen molar-refractivity contribution in [1.82, 2.24) is 19.9 Å². The van der Waals surface area contributed by atoms with Crippen LogP contribution in [0.2, 0.25) is 0 Å². The van der Waals surface area contributed by atoms with Gasteiger partial charge in [0, 0.05) is 31.4 Å². The van der Waals surface area contributed by atoms with Crippen molar-refractivity contribution in [3.63, 3.8) is 0 Å². The quantitative estimate of drug-likeness (QED) is 0.255. The summed E-state index contributed by atoms with van der Waals surface area (Å²) >= 11 is 0. The molecule has 1 aliphatic heterocycles. The number of carbonyl (C=O) groups excluding carboxylic acids is 2. The van der Waals surface area contributed by atoms with Gasteiger partial charge in [0.25, 0.3) is 5.56 Å². The van der Waals surface area contributed by atoms with Gasteiger partial charge in [-0.1, -0.05) is 12.1 Å². The first-order chi connectivity index (χ1) is 22.2. The number of rotatable bonds is 9. The van der Waals surface area contributed by atoms with Crippen molar-refractivity contribution in [2.24, 2.45) is 0 Å². The lowest BCUT2D eigenvalue weighted by Crippen LogP contribution is -2.58. The highest BCUT2D eigenvalue weighted by molar-refractivity contribution is 6.03. The van der Waals surface area contributed by atoms with Crippen molar-refractivity contribution in [3.05, 3.63) is 88.7 Å². The number of urea groups is 2. The molecule has 1 unspecified atom stereocenters. The van der Waals surface area contributed by atoms with E-state index >= 15 is 0 Å². The van der Waals surface area contributed by atoms with Crippen LogP contribution in [0.3, 0.4) is 0 Å². The molecule has 242 valence electrons. The summed E-state index contributed by atoms with van der Waals surface area (Å²) in [6, 6.07) is 15.6. The average Bonchev–Trinajstić information content (AvgIpc) is 3.08. The van der Waals surface area contributed by atoms with E-state index in [4.69, 9.17) is 19.6 Å². The molecule has 0 saturated carbocycles. The molecule has 1 atom stereocenters. The van der Waals surface area contributed by atoms with Crippen LogP contribution in [-0.4, -0.2) is 85.3 Å². The molecular formula is C32H36FN7O6. The van der Waals surface area contributed by atoms with Gasteiger partial charge in [-0.3, -0.25) is 9.69 Å².